The van der Waals surface area contributed by atoms with Crippen molar-refractivity contribution in [2.45, 2.75) is 0 Å². The molecule has 32 heavy (non-hydrogen) atoms. The van der Waals surface area contributed by atoms with Crippen molar-refractivity contribution in [2.75, 3.05) is 31.1 Å². The van der Waals surface area contributed by atoms with Crippen LogP contribution in [0.25, 0.3) is 22.3 Å². The molecule has 5 rings (SSSR count). The zero-order valence-electron chi connectivity index (χ0n) is 17.2. The molecule has 0 unspecified atom stereocenters. The molecule has 0 spiro atoms. The van der Waals surface area contributed by atoms with Gasteiger partial charge in [-0.2, -0.15) is 0 Å². The Hall–Kier alpha value is -3.15. The van der Waals surface area contributed by atoms with Crippen LogP contribution >= 0.6 is 23.2 Å². The highest BCUT2D eigenvalue weighted by Gasteiger charge is 2.25. The second kappa shape index (κ2) is 8.77. The molecule has 0 saturated carbocycles. The summed E-state index contributed by atoms with van der Waals surface area (Å²) in [4.78, 5) is 26.7. The lowest BCUT2D eigenvalue weighted by atomic mass is 10.1. The number of amides is 1. The zero-order chi connectivity index (χ0) is 22.1. The molecule has 7 heteroatoms. The normalized spacial score (nSPS) is 14.1. The monoisotopic (exact) mass is 462 g/mol. The summed E-state index contributed by atoms with van der Waals surface area (Å²) in [6.45, 7) is 2.55. The van der Waals surface area contributed by atoms with Crippen LogP contribution in [0.15, 0.2) is 72.8 Å². The van der Waals surface area contributed by atoms with Gasteiger partial charge in [0.05, 0.1) is 16.1 Å². The number of para-hydroxylation sites is 1. The topological polar surface area (TPSA) is 49.3 Å². The molecule has 1 fully saturated rings. The number of halogens is 2. The van der Waals surface area contributed by atoms with Gasteiger partial charge >= 0.3 is 0 Å². The predicted octanol–water partition coefficient (Wildman–Crippen LogP) is 5.57. The van der Waals surface area contributed by atoms with Crippen molar-refractivity contribution in [3.63, 3.8) is 0 Å². The minimum atomic E-state index is -0.0374. The van der Waals surface area contributed by atoms with Gasteiger partial charge in [0.1, 0.15) is 5.82 Å². The van der Waals surface area contributed by atoms with Gasteiger partial charge in [-0.05, 0) is 48.5 Å². The summed E-state index contributed by atoms with van der Waals surface area (Å²) in [6.07, 6.45) is 0. The predicted molar refractivity (Wildman–Crippen MR) is 130 cm³/mol. The number of carbonyl (C=O) groups is 1. The number of piperazine rings is 1. The quantitative estimate of drug-likeness (QED) is 0.399. The summed E-state index contributed by atoms with van der Waals surface area (Å²) in [5.74, 6) is 1.50. The smallest absolute Gasteiger partial charge is 0.255 e. The van der Waals surface area contributed by atoms with Crippen molar-refractivity contribution in [2.24, 2.45) is 0 Å². The number of rotatable bonds is 3. The number of nitrogens with zero attached hydrogens (tertiary/aromatic N) is 4. The second-order valence-corrected chi connectivity index (χ2v) is 8.50. The van der Waals surface area contributed by atoms with Gasteiger partial charge < -0.3 is 9.80 Å². The maximum absolute atomic E-state index is 12.9. The third-order valence-electron chi connectivity index (χ3n) is 5.66. The van der Waals surface area contributed by atoms with Crippen LogP contribution < -0.4 is 4.90 Å². The SMILES string of the molecule is O=C(c1ccccc1Cl)N1CCN(c2nc(-c3ccc(Cl)cc3)nc3ccccc23)CC1. The van der Waals surface area contributed by atoms with E-state index < -0.39 is 0 Å². The van der Waals surface area contributed by atoms with E-state index in [-0.39, 0.29) is 5.91 Å². The van der Waals surface area contributed by atoms with Crippen LogP contribution in [-0.2, 0) is 0 Å². The van der Waals surface area contributed by atoms with Crippen molar-refractivity contribution < 1.29 is 4.79 Å². The van der Waals surface area contributed by atoms with Crippen molar-refractivity contribution in [3.8, 4) is 11.4 Å². The minimum Gasteiger partial charge on any atom is -0.352 e. The molecule has 1 aromatic heterocycles. The third kappa shape index (κ3) is 4.01. The fourth-order valence-electron chi connectivity index (χ4n) is 3.96. The summed E-state index contributed by atoms with van der Waals surface area (Å²) >= 11 is 12.3. The summed E-state index contributed by atoms with van der Waals surface area (Å²) in [6, 6.07) is 22.7. The lowest BCUT2D eigenvalue weighted by molar-refractivity contribution is 0.0747. The van der Waals surface area contributed by atoms with Crippen LogP contribution in [0.3, 0.4) is 0 Å². The Kier molecular flexibility index (Phi) is 5.68. The Morgan fingerprint density at radius 3 is 2.22 bits per heavy atom. The fraction of sp³-hybridized carbons (Fsp3) is 0.160. The third-order valence-corrected chi connectivity index (χ3v) is 6.24. The van der Waals surface area contributed by atoms with Crippen LogP contribution in [0.4, 0.5) is 5.82 Å². The number of hydrogen-bond donors (Lipinski definition) is 0. The molecular formula is C25H20Cl2N4O. The van der Waals surface area contributed by atoms with Crippen LogP contribution in [-0.4, -0.2) is 47.0 Å². The summed E-state index contributed by atoms with van der Waals surface area (Å²) in [7, 11) is 0. The number of hydrogen-bond acceptors (Lipinski definition) is 4. The summed E-state index contributed by atoms with van der Waals surface area (Å²) in [5, 5.41) is 2.15. The van der Waals surface area contributed by atoms with E-state index in [1.165, 1.54) is 0 Å². The number of aromatic nitrogens is 2. The van der Waals surface area contributed by atoms with Gasteiger partial charge in [0.2, 0.25) is 0 Å². The van der Waals surface area contributed by atoms with E-state index in [1.807, 2.05) is 65.6 Å². The Bertz CT molecular complexity index is 1280. The van der Waals surface area contributed by atoms with E-state index >= 15 is 0 Å². The van der Waals surface area contributed by atoms with E-state index in [4.69, 9.17) is 33.2 Å². The standard InChI is InChI=1S/C25H20Cl2N4O/c26-18-11-9-17(10-12-18)23-28-22-8-4-2-6-20(22)24(29-23)30-13-15-31(16-14-30)25(32)19-5-1-3-7-21(19)27/h1-12H,13-16H2. The molecule has 1 amide bonds. The number of anilines is 1. The Balaban J connectivity index is 1.43. The Morgan fingerprint density at radius 1 is 0.781 bits per heavy atom. The van der Waals surface area contributed by atoms with Gasteiger partial charge in [0.25, 0.3) is 5.91 Å². The molecule has 0 bridgehead atoms. The molecule has 0 atom stereocenters. The first-order chi connectivity index (χ1) is 15.6. The highest BCUT2D eigenvalue weighted by atomic mass is 35.5. The fourth-order valence-corrected chi connectivity index (χ4v) is 4.30. The largest absolute Gasteiger partial charge is 0.352 e. The molecule has 3 aromatic carbocycles. The summed E-state index contributed by atoms with van der Waals surface area (Å²) < 4.78 is 0. The lowest BCUT2D eigenvalue weighted by Crippen LogP contribution is -2.49. The number of fused-ring (bicyclic) bond motifs is 1. The maximum atomic E-state index is 12.9. The maximum Gasteiger partial charge on any atom is 0.255 e. The minimum absolute atomic E-state index is 0.0374. The van der Waals surface area contributed by atoms with Gasteiger partial charge in [-0.3, -0.25) is 4.79 Å². The van der Waals surface area contributed by atoms with Gasteiger partial charge in [-0.1, -0.05) is 47.5 Å². The van der Waals surface area contributed by atoms with Crippen molar-refractivity contribution >= 4 is 45.8 Å². The molecule has 4 aromatic rings. The molecule has 0 radical (unpaired) electrons. The van der Waals surface area contributed by atoms with E-state index in [2.05, 4.69) is 4.90 Å². The molecule has 2 heterocycles. The second-order valence-electron chi connectivity index (χ2n) is 7.65. The highest BCUT2D eigenvalue weighted by Crippen LogP contribution is 2.29. The Morgan fingerprint density at radius 2 is 1.47 bits per heavy atom. The molecule has 0 N–H and O–H groups in total. The van der Waals surface area contributed by atoms with Crippen molar-refractivity contribution in [1.29, 1.82) is 0 Å². The van der Waals surface area contributed by atoms with Crippen LogP contribution in [0.2, 0.25) is 10.0 Å². The van der Waals surface area contributed by atoms with Crippen LogP contribution in [0.5, 0.6) is 0 Å². The van der Waals surface area contributed by atoms with Crippen LogP contribution in [0.1, 0.15) is 10.4 Å². The van der Waals surface area contributed by atoms with E-state index in [0.717, 1.165) is 22.3 Å². The van der Waals surface area contributed by atoms with Gasteiger partial charge in [0, 0.05) is 42.2 Å². The zero-order valence-corrected chi connectivity index (χ0v) is 18.7. The number of benzene rings is 3. The Labute approximate surface area is 196 Å². The molecule has 1 aliphatic heterocycles. The van der Waals surface area contributed by atoms with Crippen molar-refractivity contribution in [3.05, 3.63) is 88.4 Å². The molecule has 1 saturated heterocycles. The molecule has 160 valence electrons. The summed E-state index contributed by atoms with van der Waals surface area (Å²) in [5.41, 5.74) is 2.34. The first-order valence-corrected chi connectivity index (χ1v) is 11.2. The first kappa shape index (κ1) is 20.7. The lowest BCUT2D eigenvalue weighted by Gasteiger charge is -2.36. The van der Waals surface area contributed by atoms with Crippen molar-refractivity contribution in [1.82, 2.24) is 14.9 Å². The highest BCUT2D eigenvalue weighted by molar-refractivity contribution is 6.33. The van der Waals surface area contributed by atoms with Gasteiger partial charge in [-0.15, -0.1) is 0 Å². The van der Waals surface area contributed by atoms with E-state index in [1.54, 1.807) is 12.1 Å². The molecular weight excluding hydrogens is 443 g/mol. The first-order valence-electron chi connectivity index (χ1n) is 10.4. The molecule has 0 aliphatic carbocycles. The molecule has 1 aliphatic rings. The average Bonchev–Trinajstić information content (AvgIpc) is 2.84. The van der Waals surface area contributed by atoms with Gasteiger partial charge in [-0.25, -0.2) is 9.97 Å². The van der Waals surface area contributed by atoms with E-state index in [0.29, 0.717) is 47.6 Å². The van der Waals surface area contributed by atoms with Gasteiger partial charge in [0.15, 0.2) is 5.82 Å². The van der Waals surface area contributed by atoms with Crippen LogP contribution in [0, 0.1) is 0 Å². The van der Waals surface area contributed by atoms with E-state index in [9.17, 15) is 4.79 Å². The average molecular weight is 463 g/mol. The molecule has 5 nitrogen and oxygen atoms in total. The number of carbonyl (C=O) groups excluding carboxylic acids is 1.